The molecule has 0 aliphatic heterocycles. The number of rotatable bonds is 3. The molecule has 1 nitrogen and oxygen atoms in total. The first-order chi connectivity index (χ1) is 12.6. The summed E-state index contributed by atoms with van der Waals surface area (Å²) in [5.41, 5.74) is 6.61. The fraction of sp³-hybridized carbons (Fsp3) is 0.391. The topological polar surface area (TPSA) is 14.1 Å². The van der Waals surface area contributed by atoms with E-state index < -0.39 is 17.0 Å². The first kappa shape index (κ1) is 22.7. The second kappa shape index (κ2) is 9.29. The molecule has 0 fully saturated rings. The van der Waals surface area contributed by atoms with Gasteiger partial charge in [-0.05, 0) is 23.6 Å². The van der Waals surface area contributed by atoms with Crippen LogP contribution in [0.1, 0.15) is 69.7 Å². The van der Waals surface area contributed by atoms with E-state index in [4.69, 9.17) is 23.9 Å². The Hall–Kier alpha value is -0.566. The van der Waals surface area contributed by atoms with E-state index in [-0.39, 0.29) is 11.1 Å². The van der Waals surface area contributed by atoms with Gasteiger partial charge in [-0.3, -0.25) is 0 Å². The second-order valence-electron chi connectivity index (χ2n) is 8.45. The van der Waals surface area contributed by atoms with Crippen molar-refractivity contribution in [2.45, 2.75) is 58.5 Å². The van der Waals surface area contributed by atoms with Crippen LogP contribution in [-0.4, -0.2) is 5.54 Å². The summed E-state index contributed by atoms with van der Waals surface area (Å²) in [6, 6.07) is 17.6. The van der Waals surface area contributed by atoms with Gasteiger partial charge in [0.25, 0.3) is 0 Å². The molecule has 0 radical (unpaired) electrons. The van der Waals surface area contributed by atoms with Crippen LogP contribution in [0.25, 0.3) is 11.4 Å². The van der Waals surface area contributed by atoms with E-state index in [0.717, 1.165) is 0 Å². The second-order valence-corrected chi connectivity index (χ2v) is 11.0. The molecule has 0 saturated heterocycles. The molecule has 3 rings (SSSR count). The van der Waals surface area contributed by atoms with Crippen molar-refractivity contribution in [3.63, 3.8) is 0 Å². The number of hydrogen-bond acceptors (Lipinski definition) is 0. The summed E-state index contributed by atoms with van der Waals surface area (Å²) in [5, 5.41) is 5.11. The number of halogens is 2. The van der Waals surface area contributed by atoms with Gasteiger partial charge in [-0.15, -0.1) is 11.1 Å². The van der Waals surface area contributed by atoms with Gasteiger partial charge in [0.05, 0.1) is 0 Å². The van der Waals surface area contributed by atoms with Gasteiger partial charge < -0.3 is 5.32 Å². The van der Waals surface area contributed by atoms with Crippen LogP contribution in [0, 0.1) is 0 Å². The van der Waals surface area contributed by atoms with Gasteiger partial charge in [-0.25, -0.2) is 0 Å². The Labute approximate surface area is 181 Å². The summed E-state index contributed by atoms with van der Waals surface area (Å²) in [4.78, 5) is 0. The van der Waals surface area contributed by atoms with Gasteiger partial charge in [-0.2, -0.15) is 0 Å². The zero-order valence-corrected chi connectivity index (χ0v) is 20.1. The molecule has 27 heavy (non-hydrogen) atoms. The molecule has 2 aromatic rings. The molecule has 0 spiro atoms. The summed E-state index contributed by atoms with van der Waals surface area (Å²) in [6.07, 6.45) is 2.32. The summed E-state index contributed by atoms with van der Waals surface area (Å²) in [7, 11) is 9.78. The molecular formula is C23H28Cl2NTi-. The molecule has 144 valence electrons. The predicted molar refractivity (Wildman–Crippen MR) is 116 cm³/mol. The van der Waals surface area contributed by atoms with Crippen LogP contribution in [-0.2, 0) is 22.6 Å². The molecule has 0 amide bonds. The van der Waals surface area contributed by atoms with Crippen molar-refractivity contribution < 1.29 is 17.0 Å². The van der Waals surface area contributed by atoms with Crippen molar-refractivity contribution in [1.82, 2.24) is 0 Å². The van der Waals surface area contributed by atoms with E-state index in [1.165, 1.54) is 27.8 Å². The van der Waals surface area contributed by atoms with Crippen molar-refractivity contribution in [2.24, 2.45) is 0 Å². The molecule has 0 N–H and O–H groups in total. The quantitative estimate of drug-likeness (QED) is 0.432. The van der Waals surface area contributed by atoms with Crippen LogP contribution in [0.5, 0.6) is 0 Å². The number of nitrogens with zero attached hydrogens (tertiary/aromatic N) is 1. The van der Waals surface area contributed by atoms with Crippen LogP contribution >= 0.6 is 18.6 Å². The minimum atomic E-state index is -0.556. The predicted octanol–water partition coefficient (Wildman–Crippen LogP) is 8.02. The minimum absolute atomic E-state index is 0.0604. The van der Waals surface area contributed by atoms with Gasteiger partial charge in [-0.1, -0.05) is 100 Å². The van der Waals surface area contributed by atoms with Crippen molar-refractivity contribution in [2.75, 3.05) is 0 Å². The SMILES string of the molecule is CC1=Cc2ccccc2C1c1ccccc1C(C)(C)[N-]C(C)(C)C.[Cl][Ti][Cl]. The molecule has 1 aliphatic rings. The average Bonchev–Trinajstić information content (AvgIpc) is 2.89. The molecule has 2 aromatic carbocycles. The van der Waals surface area contributed by atoms with E-state index in [2.05, 4.69) is 96.1 Å². The fourth-order valence-corrected chi connectivity index (χ4v) is 4.10. The Kier molecular flexibility index (Phi) is 7.82. The van der Waals surface area contributed by atoms with Gasteiger partial charge in [0.2, 0.25) is 0 Å². The Bertz CT molecular complexity index is 806. The molecule has 0 bridgehead atoms. The van der Waals surface area contributed by atoms with Crippen LogP contribution in [0.15, 0.2) is 54.1 Å². The van der Waals surface area contributed by atoms with Crippen LogP contribution in [0.3, 0.4) is 0 Å². The zero-order chi connectivity index (χ0) is 20.2. The number of hydrogen-bond donors (Lipinski definition) is 0. The number of benzene rings is 2. The third-order valence-corrected chi connectivity index (χ3v) is 4.69. The van der Waals surface area contributed by atoms with Gasteiger partial charge in [0.15, 0.2) is 0 Å². The van der Waals surface area contributed by atoms with Gasteiger partial charge in [0.1, 0.15) is 0 Å². The molecule has 0 saturated carbocycles. The summed E-state index contributed by atoms with van der Waals surface area (Å²) in [5.74, 6) is 0.340. The molecule has 1 unspecified atom stereocenters. The van der Waals surface area contributed by atoms with Crippen molar-refractivity contribution in [3.8, 4) is 0 Å². The standard InChI is InChI=1S/C23H28N.2ClH.Ti/c1-16-15-17-11-7-8-12-18(17)21(16)19-13-9-10-14-20(19)23(5,6)24-22(2,3)4;;;/h7-15,21H,1-6H3;2*1H;/q-1;;;+2/p-2. The zero-order valence-electron chi connectivity index (χ0n) is 17.0. The first-order valence-corrected chi connectivity index (χ1v) is 13.5. The summed E-state index contributed by atoms with van der Waals surface area (Å²) in [6.45, 7) is 13.2. The average molecular weight is 437 g/mol. The Balaban J connectivity index is 0.000000817. The van der Waals surface area contributed by atoms with Crippen LogP contribution in [0.2, 0.25) is 0 Å². The molecular weight excluding hydrogens is 409 g/mol. The van der Waals surface area contributed by atoms with E-state index in [1.807, 2.05) is 0 Å². The van der Waals surface area contributed by atoms with Gasteiger partial charge >= 0.3 is 35.6 Å². The maximum atomic E-state index is 5.11. The van der Waals surface area contributed by atoms with Crippen LogP contribution < -0.4 is 0 Å². The summed E-state index contributed by atoms with van der Waals surface area (Å²) >= 11 is -0.556. The molecule has 4 heteroatoms. The fourth-order valence-electron chi connectivity index (χ4n) is 4.10. The van der Waals surface area contributed by atoms with Gasteiger partial charge in [0, 0.05) is 5.92 Å². The van der Waals surface area contributed by atoms with E-state index in [1.54, 1.807) is 0 Å². The first-order valence-electron chi connectivity index (χ1n) is 9.17. The Morgan fingerprint density at radius 3 is 1.96 bits per heavy atom. The number of allylic oxidation sites excluding steroid dienone is 1. The summed E-state index contributed by atoms with van der Waals surface area (Å²) < 4.78 is 0. The number of fused-ring (bicyclic) bond motifs is 1. The monoisotopic (exact) mass is 436 g/mol. The molecule has 1 atom stereocenters. The van der Waals surface area contributed by atoms with Crippen molar-refractivity contribution in [3.05, 3.63) is 81.7 Å². The van der Waals surface area contributed by atoms with E-state index in [0.29, 0.717) is 5.92 Å². The maximum absolute atomic E-state index is 5.11. The Morgan fingerprint density at radius 2 is 1.37 bits per heavy atom. The third kappa shape index (κ3) is 5.72. The molecule has 0 aromatic heterocycles. The Morgan fingerprint density at radius 1 is 0.852 bits per heavy atom. The van der Waals surface area contributed by atoms with E-state index >= 15 is 0 Å². The molecule has 0 heterocycles. The third-order valence-electron chi connectivity index (χ3n) is 4.69. The molecule has 1 aliphatic carbocycles. The normalized spacial score (nSPS) is 16.1. The van der Waals surface area contributed by atoms with Crippen LogP contribution in [0.4, 0.5) is 0 Å². The van der Waals surface area contributed by atoms with E-state index in [9.17, 15) is 0 Å². The van der Waals surface area contributed by atoms with Crippen molar-refractivity contribution >= 4 is 24.7 Å². The van der Waals surface area contributed by atoms with Crippen molar-refractivity contribution in [1.29, 1.82) is 0 Å².